The molecule has 1 saturated carbocycles. The molecule has 4 aromatic heterocycles. The minimum atomic E-state index is -0.315. The number of furan rings is 1. The zero-order valence-electron chi connectivity index (χ0n) is 17.3. The van der Waals surface area contributed by atoms with Crippen molar-refractivity contribution >= 4 is 27.9 Å². The Morgan fingerprint density at radius 2 is 2.23 bits per heavy atom. The molecule has 4 heterocycles. The Bertz CT molecular complexity index is 1340. The Kier molecular flexibility index (Phi) is 4.69. The smallest absolute Gasteiger partial charge is 0.291 e. The molecule has 0 unspecified atom stereocenters. The first-order chi connectivity index (χ1) is 15.1. The largest absolute Gasteiger partial charge is 0.459 e. The van der Waals surface area contributed by atoms with Crippen LogP contribution in [0.15, 0.2) is 58.5 Å². The van der Waals surface area contributed by atoms with Crippen molar-refractivity contribution in [2.45, 2.75) is 45.4 Å². The van der Waals surface area contributed by atoms with E-state index in [2.05, 4.69) is 16.7 Å². The minimum Gasteiger partial charge on any atom is -0.459 e. The molecule has 1 fully saturated rings. The van der Waals surface area contributed by atoms with Crippen LogP contribution in [0, 0.1) is 6.92 Å². The summed E-state index contributed by atoms with van der Waals surface area (Å²) in [5.74, 6) is 0.627. The van der Waals surface area contributed by atoms with Gasteiger partial charge in [-0.05, 0) is 31.9 Å². The maximum atomic E-state index is 13.3. The standard InChI is InChI=1S/C23H23N5O3/c1-3-10-26-19-11-15(2)31-22(19)18-12-25-28(23(30)21(18)26)14-20(29)27(17-7-8-17)13-16-6-4-5-9-24-16/h3-6,9,11-12,17H,1,7-8,10,13-14H2,2H3. The van der Waals surface area contributed by atoms with Gasteiger partial charge in [0.25, 0.3) is 5.56 Å². The Balaban J connectivity index is 1.50. The number of nitrogens with zero attached hydrogens (tertiary/aromatic N) is 5. The van der Waals surface area contributed by atoms with Crippen LogP contribution in [-0.2, 0) is 24.4 Å². The molecule has 4 aromatic rings. The Hall–Kier alpha value is -3.68. The van der Waals surface area contributed by atoms with Crippen molar-refractivity contribution in [3.63, 3.8) is 0 Å². The third kappa shape index (κ3) is 3.43. The van der Waals surface area contributed by atoms with Gasteiger partial charge < -0.3 is 13.9 Å². The topological polar surface area (TPSA) is 86.2 Å². The summed E-state index contributed by atoms with van der Waals surface area (Å²) < 4.78 is 8.91. The van der Waals surface area contributed by atoms with Crippen LogP contribution in [0.25, 0.3) is 22.0 Å². The summed E-state index contributed by atoms with van der Waals surface area (Å²) in [6.45, 7) is 6.45. The first-order valence-corrected chi connectivity index (χ1v) is 10.4. The number of carbonyl (C=O) groups excluding carboxylic acids is 1. The van der Waals surface area contributed by atoms with Gasteiger partial charge in [-0.25, -0.2) is 4.68 Å². The maximum Gasteiger partial charge on any atom is 0.291 e. The molecule has 0 spiro atoms. The molecule has 8 heteroatoms. The number of hydrogen-bond donors (Lipinski definition) is 0. The quantitative estimate of drug-likeness (QED) is 0.432. The predicted octanol–water partition coefficient (Wildman–Crippen LogP) is 3.02. The van der Waals surface area contributed by atoms with E-state index < -0.39 is 0 Å². The molecule has 8 nitrogen and oxygen atoms in total. The van der Waals surface area contributed by atoms with Gasteiger partial charge in [-0.3, -0.25) is 14.6 Å². The number of hydrogen-bond acceptors (Lipinski definition) is 5. The lowest BCUT2D eigenvalue weighted by atomic mass is 10.3. The van der Waals surface area contributed by atoms with E-state index in [4.69, 9.17) is 4.42 Å². The molecule has 0 radical (unpaired) electrons. The van der Waals surface area contributed by atoms with Crippen LogP contribution < -0.4 is 5.56 Å². The molecule has 1 amide bonds. The van der Waals surface area contributed by atoms with E-state index in [1.165, 1.54) is 4.68 Å². The van der Waals surface area contributed by atoms with Crippen LogP contribution in [0.5, 0.6) is 0 Å². The van der Waals surface area contributed by atoms with Crippen molar-refractivity contribution in [1.82, 2.24) is 24.2 Å². The molecule has 158 valence electrons. The van der Waals surface area contributed by atoms with Gasteiger partial charge in [-0.2, -0.15) is 5.10 Å². The molecule has 0 aliphatic heterocycles. The van der Waals surface area contributed by atoms with Crippen LogP contribution in [0.3, 0.4) is 0 Å². The van der Waals surface area contributed by atoms with Crippen molar-refractivity contribution in [3.05, 3.63) is 71.1 Å². The fourth-order valence-corrected chi connectivity index (χ4v) is 4.04. The average Bonchev–Trinajstić information content (AvgIpc) is 3.47. The second kappa shape index (κ2) is 7.54. The molecule has 0 saturated heterocycles. The van der Waals surface area contributed by atoms with Gasteiger partial charge in [0.1, 0.15) is 17.8 Å². The van der Waals surface area contributed by atoms with Crippen LogP contribution >= 0.6 is 0 Å². The Morgan fingerprint density at radius 3 is 2.94 bits per heavy atom. The van der Waals surface area contributed by atoms with E-state index in [1.807, 2.05) is 35.8 Å². The van der Waals surface area contributed by atoms with Crippen molar-refractivity contribution in [1.29, 1.82) is 0 Å². The highest BCUT2D eigenvalue weighted by atomic mass is 16.3. The summed E-state index contributed by atoms with van der Waals surface area (Å²) in [6, 6.07) is 7.75. The highest BCUT2D eigenvalue weighted by Crippen LogP contribution is 2.30. The molecule has 1 aliphatic rings. The number of rotatable bonds is 7. The van der Waals surface area contributed by atoms with E-state index in [1.54, 1.807) is 23.4 Å². The molecule has 5 rings (SSSR count). The number of allylic oxidation sites excluding steroid dienone is 1. The van der Waals surface area contributed by atoms with Crippen molar-refractivity contribution in [2.24, 2.45) is 0 Å². The summed E-state index contributed by atoms with van der Waals surface area (Å²) in [4.78, 5) is 32.6. The maximum absolute atomic E-state index is 13.3. The van der Waals surface area contributed by atoms with Crippen molar-refractivity contribution < 1.29 is 9.21 Å². The highest BCUT2D eigenvalue weighted by molar-refractivity contribution is 6.04. The third-order valence-corrected chi connectivity index (χ3v) is 5.62. The SMILES string of the molecule is C=CCn1c2cc(C)oc2c2cnn(CC(=O)N(Cc3ccccn3)C3CC3)c(=O)c21. The lowest BCUT2D eigenvalue weighted by Gasteiger charge is -2.22. The summed E-state index contributed by atoms with van der Waals surface area (Å²) >= 11 is 0. The fourth-order valence-electron chi connectivity index (χ4n) is 4.04. The predicted molar refractivity (Wildman–Crippen MR) is 117 cm³/mol. The van der Waals surface area contributed by atoms with E-state index in [-0.39, 0.29) is 24.1 Å². The van der Waals surface area contributed by atoms with Gasteiger partial charge >= 0.3 is 0 Å². The molecule has 0 aromatic carbocycles. The molecule has 0 bridgehead atoms. The van der Waals surface area contributed by atoms with Gasteiger partial charge in [0.2, 0.25) is 5.91 Å². The second-order valence-electron chi connectivity index (χ2n) is 7.91. The van der Waals surface area contributed by atoms with Crippen LogP contribution in [0.2, 0.25) is 0 Å². The van der Waals surface area contributed by atoms with Crippen LogP contribution in [-0.4, -0.2) is 36.2 Å². The van der Waals surface area contributed by atoms with E-state index in [9.17, 15) is 9.59 Å². The summed E-state index contributed by atoms with van der Waals surface area (Å²) in [7, 11) is 0. The van der Waals surface area contributed by atoms with Gasteiger partial charge in [0.15, 0.2) is 5.58 Å². The molecule has 1 aliphatic carbocycles. The number of amides is 1. The van der Waals surface area contributed by atoms with Crippen molar-refractivity contribution in [2.75, 3.05) is 0 Å². The first-order valence-electron chi connectivity index (χ1n) is 10.4. The molecule has 31 heavy (non-hydrogen) atoms. The minimum absolute atomic E-state index is 0.113. The van der Waals surface area contributed by atoms with E-state index in [0.717, 1.165) is 29.8 Å². The summed E-state index contributed by atoms with van der Waals surface area (Å²) in [5.41, 5.74) is 2.44. The molecule has 0 N–H and O–H groups in total. The zero-order valence-corrected chi connectivity index (χ0v) is 17.3. The number of pyridine rings is 1. The monoisotopic (exact) mass is 417 g/mol. The lowest BCUT2D eigenvalue weighted by Crippen LogP contribution is -2.38. The van der Waals surface area contributed by atoms with Crippen molar-refractivity contribution in [3.8, 4) is 0 Å². The van der Waals surface area contributed by atoms with Gasteiger partial charge in [0.05, 0.1) is 29.3 Å². The number of carbonyl (C=O) groups is 1. The Morgan fingerprint density at radius 1 is 1.39 bits per heavy atom. The second-order valence-corrected chi connectivity index (χ2v) is 7.91. The van der Waals surface area contributed by atoms with Crippen LogP contribution in [0.4, 0.5) is 0 Å². The Labute approximate surface area is 178 Å². The first kappa shape index (κ1) is 19.3. The fraction of sp³-hybridized carbons (Fsp3) is 0.304. The van der Waals surface area contributed by atoms with Gasteiger partial charge in [-0.15, -0.1) is 6.58 Å². The van der Waals surface area contributed by atoms with E-state index in [0.29, 0.717) is 29.6 Å². The average molecular weight is 417 g/mol. The lowest BCUT2D eigenvalue weighted by molar-refractivity contribution is -0.133. The third-order valence-electron chi connectivity index (χ3n) is 5.62. The molecule has 0 atom stereocenters. The molecular weight excluding hydrogens is 394 g/mol. The van der Waals surface area contributed by atoms with E-state index >= 15 is 0 Å². The number of fused-ring (bicyclic) bond motifs is 3. The number of aromatic nitrogens is 4. The van der Waals surface area contributed by atoms with Gasteiger partial charge in [0, 0.05) is 24.8 Å². The normalized spacial score (nSPS) is 13.7. The highest BCUT2D eigenvalue weighted by Gasteiger charge is 2.33. The number of aryl methyl sites for hydroxylation is 1. The summed E-state index contributed by atoms with van der Waals surface area (Å²) in [6.07, 6.45) is 7.00. The van der Waals surface area contributed by atoms with Crippen LogP contribution in [0.1, 0.15) is 24.3 Å². The summed E-state index contributed by atoms with van der Waals surface area (Å²) in [5, 5.41) is 4.93. The zero-order chi connectivity index (χ0) is 21.5. The van der Waals surface area contributed by atoms with Gasteiger partial charge in [-0.1, -0.05) is 12.1 Å². The molecular formula is C23H23N5O3.